The summed E-state index contributed by atoms with van der Waals surface area (Å²) in [6, 6.07) is 32.9. The highest BCUT2D eigenvalue weighted by molar-refractivity contribution is 6.06. The summed E-state index contributed by atoms with van der Waals surface area (Å²) in [5.41, 5.74) is 7.32. The van der Waals surface area contributed by atoms with Crippen LogP contribution in [0.15, 0.2) is 103 Å². The number of benzene rings is 5. The van der Waals surface area contributed by atoms with Gasteiger partial charge in [0.25, 0.3) is 6.26 Å². The molecule has 0 spiro atoms. The van der Waals surface area contributed by atoms with Gasteiger partial charge in [0, 0.05) is 22.3 Å². The molecule has 7 rings (SSSR count). The van der Waals surface area contributed by atoms with Gasteiger partial charge in [0.15, 0.2) is 5.60 Å². The van der Waals surface area contributed by atoms with Crippen molar-refractivity contribution in [2.45, 2.75) is 18.4 Å². The summed E-state index contributed by atoms with van der Waals surface area (Å²) in [4.78, 5) is 0. The summed E-state index contributed by atoms with van der Waals surface area (Å²) in [6.07, 6.45) is 7.98. The largest absolute Gasteiger partial charge is 0.497 e. The van der Waals surface area contributed by atoms with Crippen molar-refractivity contribution in [2.75, 3.05) is 7.11 Å². The number of methoxy groups -OCH3 is 1. The van der Waals surface area contributed by atoms with Crippen LogP contribution in [0.3, 0.4) is 0 Å². The number of ether oxygens (including phenoxy) is 3. The van der Waals surface area contributed by atoms with Crippen molar-refractivity contribution in [3.8, 4) is 34.6 Å². The van der Waals surface area contributed by atoms with Gasteiger partial charge in [-0.3, -0.25) is 0 Å². The molecule has 0 saturated heterocycles. The quantitative estimate of drug-likeness (QED) is 0.233. The molecule has 5 aromatic rings. The zero-order valence-corrected chi connectivity index (χ0v) is 21.5. The van der Waals surface area contributed by atoms with Crippen LogP contribution in [-0.2, 0) is 18.4 Å². The fourth-order valence-corrected chi connectivity index (χ4v) is 6.10. The topological polar surface area (TPSA) is 51.5 Å². The summed E-state index contributed by atoms with van der Waals surface area (Å²) in [5.74, 6) is 2.20. The smallest absolute Gasteiger partial charge is 0.292 e. The van der Waals surface area contributed by atoms with Crippen LogP contribution in [0.1, 0.15) is 27.8 Å². The lowest BCUT2D eigenvalue weighted by atomic mass is 9.78. The van der Waals surface area contributed by atoms with Crippen LogP contribution in [0.5, 0.6) is 17.2 Å². The fraction of sp³-hybridized carbons (Fsp3) is 0.114. The van der Waals surface area contributed by atoms with Crippen molar-refractivity contribution in [3.05, 3.63) is 131 Å². The standard InChI is InChI=1S/C35H25NO3/c1-37-26-15-11-24(12-16-26)35(25-13-17-27(18-14-25)38-22-36)21-20-31-29-8-4-5-9-30(29)33-28-7-3-2-6-23(28)10-19-32(33)34(31)39-35/h2-9,11-18,20-21H,10,19H2,1H3. The molecule has 1 aliphatic heterocycles. The molecule has 1 atom stereocenters. The summed E-state index contributed by atoms with van der Waals surface area (Å²) in [6.45, 7) is 0. The number of fused-ring (bicyclic) bond motifs is 8. The Labute approximate surface area is 227 Å². The summed E-state index contributed by atoms with van der Waals surface area (Å²) < 4.78 is 17.8. The molecule has 4 nitrogen and oxygen atoms in total. The van der Waals surface area contributed by atoms with E-state index < -0.39 is 5.60 Å². The first-order valence-corrected chi connectivity index (χ1v) is 13.1. The molecule has 188 valence electrons. The number of hydrogen-bond donors (Lipinski definition) is 0. The van der Waals surface area contributed by atoms with E-state index in [0.29, 0.717) is 5.75 Å². The van der Waals surface area contributed by atoms with E-state index in [1.165, 1.54) is 33.0 Å². The number of nitriles is 1. The van der Waals surface area contributed by atoms with E-state index in [9.17, 15) is 0 Å². The minimum atomic E-state index is -0.877. The van der Waals surface area contributed by atoms with Crippen molar-refractivity contribution < 1.29 is 14.2 Å². The van der Waals surface area contributed by atoms with Gasteiger partial charge in [-0.15, -0.1) is 5.26 Å². The van der Waals surface area contributed by atoms with Crippen LogP contribution in [0.2, 0.25) is 0 Å². The van der Waals surface area contributed by atoms with Crippen molar-refractivity contribution in [1.29, 1.82) is 5.26 Å². The molecule has 0 aromatic heterocycles. The second kappa shape index (κ2) is 9.08. The first-order valence-electron chi connectivity index (χ1n) is 13.1. The van der Waals surface area contributed by atoms with Crippen LogP contribution in [-0.4, -0.2) is 7.11 Å². The molecular formula is C35H25NO3. The lowest BCUT2D eigenvalue weighted by Gasteiger charge is -2.39. The van der Waals surface area contributed by atoms with Crippen molar-refractivity contribution >= 4 is 16.8 Å². The van der Waals surface area contributed by atoms with Crippen LogP contribution < -0.4 is 14.2 Å². The van der Waals surface area contributed by atoms with Gasteiger partial charge in [0.2, 0.25) is 0 Å². The molecule has 1 aliphatic carbocycles. The van der Waals surface area contributed by atoms with Crippen molar-refractivity contribution in [1.82, 2.24) is 0 Å². The van der Waals surface area contributed by atoms with E-state index >= 15 is 0 Å². The number of nitrogens with zero attached hydrogens (tertiary/aromatic N) is 1. The Bertz CT molecular complexity index is 1800. The predicted molar refractivity (Wildman–Crippen MR) is 153 cm³/mol. The lowest BCUT2D eigenvalue weighted by Crippen LogP contribution is -2.35. The maximum Gasteiger partial charge on any atom is 0.292 e. The molecule has 0 bridgehead atoms. The van der Waals surface area contributed by atoms with Gasteiger partial charge in [-0.1, -0.05) is 72.8 Å². The average molecular weight is 508 g/mol. The third-order valence-electron chi connectivity index (χ3n) is 7.95. The Morgan fingerprint density at radius 3 is 2.15 bits per heavy atom. The highest BCUT2D eigenvalue weighted by atomic mass is 16.5. The monoisotopic (exact) mass is 507 g/mol. The first-order chi connectivity index (χ1) is 19.2. The van der Waals surface area contributed by atoms with E-state index in [2.05, 4.69) is 72.8 Å². The molecule has 0 fully saturated rings. The van der Waals surface area contributed by atoms with Gasteiger partial charge in [0.05, 0.1) is 7.11 Å². The second-order valence-electron chi connectivity index (χ2n) is 9.92. The van der Waals surface area contributed by atoms with E-state index in [4.69, 9.17) is 19.5 Å². The average Bonchev–Trinajstić information content (AvgIpc) is 3.01. The SMILES string of the molecule is COc1ccc(C2(c3ccc(OC#N)cc3)C=Cc3c(c4c(c5ccccc35)-c3ccccc3CC4)O2)cc1. The zero-order chi connectivity index (χ0) is 26.4. The molecule has 39 heavy (non-hydrogen) atoms. The maximum absolute atomic E-state index is 8.97. The molecule has 0 amide bonds. The van der Waals surface area contributed by atoms with Gasteiger partial charge in [-0.25, -0.2) is 0 Å². The van der Waals surface area contributed by atoms with Crippen LogP contribution >= 0.6 is 0 Å². The highest BCUT2D eigenvalue weighted by Crippen LogP contribution is 2.51. The third kappa shape index (κ3) is 3.59. The lowest BCUT2D eigenvalue weighted by molar-refractivity contribution is 0.159. The fourth-order valence-electron chi connectivity index (χ4n) is 6.10. The second-order valence-corrected chi connectivity index (χ2v) is 9.92. The van der Waals surface area contributed by atoms with Crippen molar-refractivity contribution in [2.24, 2.45) is 0 Å². The molecule has 0 radical (unpaired) electrons. The zero-order valence-electron chi connectivity index (χ0n) is 21.5. The molecular weight excluding hydrogens is 482 g/mol. The molecule has 2 aliphatic rings. The van der Waals surface area contributed by atoms with Crippen LogP contribution in [0.25, 0.3) is 28.0 Å². The van der Waals surface area contributed by atoms with E-state index in [0.717, 1.165) is 41.0 Å². The maximum atomic E-state index is 8.97. The number of hydrogen-bond acceptors (Lipinski definition) is 4. The van der Waals surface area contributed by atoms with Gasteiger partial charge >= 0.3 is 0 Å². The predicted octanol–water partition coefficient (Wildman–Crippen LogP) is 7.82. The summed E-state index contributed by atoms with van der Waals surface area (Å²) >= 11 is 0. The Balaban J connectivity index is 1.49. The Morgan fingerprint density at radius 2 is 1.44 bits per heavy atom. The van der Waals surface area contributed by atoms with E-state index in [1.54, 1.807) is 13.4 Å². The Kier molecular flexibility index (Phi) is 5.38. The molecule has 4 heteroatoms. The molecule has 1 unspecified atom stereocenters. The summed E-state index contributed by atoms with van der Waals surface area (Å²) in [7, 11) is 1.67. The third-order valence-corrected chi connectivity index (χ3v) is 7.95. The van der Waals surface area contributed by atoms with Crippen molar-refractivity contribution in [3.63, 3.8) is 0 Å². The molecule has 1 heterocycles. The Morgan fingerprint density at radius 1 is 0.769 bits per heavy atom. The van der Waals surface area contributed by atoms with Gasteiger partial charge in [-0.2, -0.15) is 0 Å². The minimum absolute atomic E-state index is 0.492. The Hall–Kier alpha value is -5.01. The molecule has 0 saturated carbocycles. The highest BCUT2D eigenvalue weighted by Gasteiger charge is 2.39. The van der Waals surface area contributed by atoms with E-state index in [1.807, 2.05) is 36.4 Å². The van der Waals surface area contributed by atoms with Gasteiger partial charge in [-0.05, 0) is 76.7 Å². The number of aryl methyl sites for hydroxylation is 1. The van der Waals surface area contributed by atoms with Gasteiger partial charge in [0.1, 0.15) is 17.2 Å². The summed E-state index contributed by atoms with van der Waals surface area (Å²) in [5, 5.41) is 11.4. The normalized spacial score (nSPS) is 16.8. The number of rotatable bonds is 4. The first kappa shape index (κ1) is 23.1. The minimum Gasteiger partial charge on any atom is -0.497 e. The van der Waals surface area contributed by atoms with Gasteiger partial charge < -0.3 is 14.2 Å². The van der Waals surface area contributed by atoms with E-state index in [-0.39, 0.29) is 0 Å². The molecule has 5 aromatic carbocycles. The van der Waals surface area contributed by atoms with Crippen LogP contribution in [0, 0.1) is 11.5 Å². The van der Waals surface area contributed by atoms with Crippen LogP contribution in [0.4, 0.5) is 0 Å². The molecule has 0 N–H and O–H groups in total.